The monoisotopic (exact) mass is 912 g/mol. The quantitative estimate of drug-likeness (QED) is 0.173. The second-order valence-electron chi connectivity index (χ2n) is 19.9. The van der Waals surface area contributed by atoms with E-state index in [0.717, 1.165) is 50.0 Å². The van der Waals surface area contributed by atoms with E-state index in [9.17, 15) is 0 Å². The van der Waals surface area contributed by atoms with Crippen molar-refractivity contribution in [3.63, 3.8) is 0 Å². The van der Waals surface area contributed by atoms with Crippen molar-refractivity contribution >= 4 is 60.2 Å². The van der Waals surface area contributed by atoms with Gasteiger partial charge in [0.05, 0.1) is 38.4 Å². The van der Waals surface area contributed by atoms with Gasteiger partial charge >= 0.3 is 0 Å². The summed E-state index contributed by atoms with van der Waals surface area (Å²) in [6, 6.07) is 90.7. The van der Waals surface area contributed by atoms with E-state index in [1.807, 2.05) is 0 Å². The Kier molecular flexibility index (Phi) is 7.31. The van der Waals surface area contributed by atoms with Gasteiger partial charge in [0.25, 0.3) is 0 Å². The molecular formula is C68H40N4. The average molecular weight is 913 g/mol. The first-order valence-corrected chi connectivity index (χ1v) is 25.0. The summed E-state index contributed by atoms with van der Waals surface area (Å²) >= 11 is 0. The Bertz CT molecular complexity index is 4630. The molecule has 332 valence electrons. The summed E-state index contributed by atoms with van der Waals surface area (Å²) < 4.78 is 4.66. The van der Waals surface area contributed by atoms with Gasteiger partial charge in [-0.25, -0.2) is 9.97 Å². The number of aromatic nitrogens is 4. The second-order valence-corrected chi connectivity index (χ2v) is 19.9. The molecule has 3 heterocycles. The lowest BCUT2D eigenvalue weighted by Gasteiger charge is -2.49. The van der Waals surface area contributed by atoms with Gasteiger partial charge in [-0.3, -0.25) is 8.97 Å². The van der Waals surface area contributed by atoms with Crippen LogP contribution in [0, 0.1) is 0 Å². The summed E-state index contributed by atoms with van der Waals surface area (Å²) in [5, 5.41) is 5.73. The first-order valence-electron chi connectivity index (χ1n) is 25.0. The summed E-state index contributed by atoms with van der Waals surface area (Å²) in [6.07, 6.45) is 0. The number of nitrogens with zero attached hydrogens (tertiary/aromatic N) is 4. The second kappa shape index (κ2) is 13.7. The van der Waals surface area contributed by atoms with E-state index in [-0.39, 0.29) is 0 Å². The number of hydrogen-bond donors (Lipinski definition) is 0. The predicted molar refractivity (Wildman–Crippen MR) is 293 cm³/mol. The molecule has 0 saturated heterocycles. The number of para-hydroxylation sites is 4. The van der Waals surface area contributed by atoms with Crippen molar-refractivity contribution < 1.29 is 0 Å². The van der Waals surface area contributed by atoms with Crippen molar-refractivity contribution in [3.05, 3.63) is 287 Å². The number of benzene rings is 11. The zero-order chi connectivity index (χ0) is 46.9. The fourth-order valence-corrected chi connectivity index (χ4v) is 14.2. The molecule has 2 spiro atoms. The van der Waals surface area contributed by atoms with Gasteiger partial charge < -0.3 is 0 Å². The number of hydrogen-bond acceptors (Lipinski definition) is 2. The maximum atomic E-state index is 5.55. The molecular weight excluding hydrogens is 873 g/mol. The fourth-order valence-electron chi connectivity index (χ4n) is 14.2. The van der Waals surface area contributed by atoms with Crippen LogP contribution in [0.25, 0.3) is 99.5 Å². The Morgan fingerprint density at radius 3 is 1.38 bits per heavy atom. The van der Waals surface area contributed by atoms with Crippen LogP contribution in [-0.4, -0.2) is 18.9 Å². The van der Waals surface area contributed by atoms with Gasteiger partial charge in [-0.05, 0) is 126 Å². The average Bonchev–Trinajstić information content (AvgIpc) is 4.18. The standard InChI is InChI=1S/C68H40N4/c1-2-25-48-42(19-1)50(40-51-47-24-8-17-35-62(47)71(64(48)51)66-70-60-33-15-7-26-49(60)65-69-61-34-16-18-36-63(61)72(65)66)41-37-38-58-59(39-41)68(54-29-11-5-22-45(54)46-23-6-12-30-55(46)68)57-32-14-13-31-56(57)67(58)52-27-9-3-20-43(52)44-21-4-10-28-53(44)67/h1-40H. The SMILES string of the molecule is c1ccc2c(c1)-c1ccccc1C21c2ccccc2C2(c3ccccc3-c3ccccc32)c2cc(-c3cc4c5ccccc5n(-c5nc6ccccc6c6nc7ccccc7n56)c4c4ccccc34)ccc21. The van der Waals surface area contributed by atoms with Gasteiger partial charge in [-0.2, -0.15) is 0 Å². The van der Waals surface area contributed by atoms with E-state index < -0.39 is 10.8 Å². The zero-order valence-corrected chi connectivity index (χ0v) is 38.9. The summed E-state index contributed by atoms with van der Waals surface area (Å²) in [6.45, 7) is 0. The van der Waals surface area contributed by atoms with Gasteiger partial charge in [0.1, 0.15) is 5.65 Å². The molecule has 0 atom stereocenters. The highest BCUT2D eigenvalue weighted by Crippen LogP contribution is 2.67. The van der Waals surface area contributed by atoms with E-state index in [1.165, 1.54) is 94.0 Å². The molecule has 0 amide bonds. The lowest BCUT2D eigenvalue weighted by Crippen LogP contribution is -2.43. The summed E-state index contributed by atoms with van der Waals surface area (Å²) in [5.74, 6) is 0.817. The molecule has 0 N–H and O–H groups in total. The van der Waals surface area contributed by atoms with Crippen LogP contribution in [0.1, 0.15) is 44.5 Å². The minimum atomic E-state index is -0.594. The molecule has 0 fully saturated rings. The Balaban J connectivity index is 1.01. The maximum absolute atomic E-state index is 5.55. The normalized spacial score (nSPS) is 14.3. The van der Waals surface area contributed by atoms with Crippen molar-refractivity contribution in [3.8, 4) is 39.3 Å². The van der Waals surface area contributed by atoms with Gasteiger partial charge in [-0.1, -0.05) is 200 Å². The molecule has 11 aromatic carbocycles. The molecule has 3 aliphatic carbocycles. The van der Waals surface area contributed by atoms with E-state index in [1.54, 1.807) is 0 Å². The largest absolute Gasteiger partial charge is 0.278 e. The Hall–Kier alpha value is -9.38. The van der Waals surface area contributed by atoms with Crippen LogP contribution in [0.3, 0.4) is 0 Å². The van der Waals surface area contributed by atoms with E-state index in [4.69, 9.17) is 9.97 Å². The molecule has 3 aromatic heterocycles. The first-order chi connectivity index (χ1) is 35.7. The molecule has 3 aliphatic rings. The van der Waals surface area contributed by atoms with Crippen LogP contribution in [-0.2, 0) is 10.8 Å². The minimum absolute atomic E-state index is 0.551. The molecule has 4 nitrogen and oxygen atoms in total. The van der Waals surface area contributed by atoms with Crippen molar-refractivity contribution in [1.82, 2.24) is 18.9 Å². The van der Waals surface area contributed by atoms with Crippen LogP contribution in [0.2, 0.25) is 0 Å². The van der Waals surface area contributed by atoms with Crippen molar-refractivity contribution in [2.75, 3.05) is 0 Å². The third-order valence-corrected chi connectivity index (χ3v) is 16.8. The minimum Gasteiger partial charge on any atom is -0.278 e. The molecule has 0 saturated carbocycles. The number of rotatable bonds is 2. The molecule has 4 heteroatoms. The molecule has 17 rings (SSSR count). The molecule has 72 heavy (non-hydrogen) atoms. The third-order valence-electron chi connectivity index (χ3n) is 16.8. The molecule has 0 unspecified atom stereocenters. The first kappa shape index (κ1) is 38.5. The highest BCUT2D eigenvalue weighted by molar-refractivity contribution is 6.22. The number of imidazole rings is 1. The van der Waals surface area contributed by atoms with Crippen LogP contribution >= 0.6 is 0 Å². The van der Waals surface area contributed by atoms with Gasteiger partial charge in [-0.15, -0.1) is 0 Å². The third kappa shape index (κ3) is 4.51. The van der Waals surface area contributed by atoms with E-state index in [2.05, 4.69) is 252 Å². The highest BCUT2D eigenvalue weighted by atomic mass is 15.2. The molecule has 0 bridgehead atoms. The van der Waals surface area contributed by atoms with E-state index >= 15 is 0 Å². The lowest BCUT2D eigenvalue weighted by atomic mass is 9.52. The molecule has 0 aliphatic heterocycles. The van der Waals surface area contributed by atoms with Crippen molar-refractivity contribution in [1.29, 1.82) is 0 Å². The van der Waals surface area contributed by atoms with E-state index in [0.29, 0.717) is 0 Å². The Morgan fingerprint density at radius 2 is 0.750 bits per heavy atom. The molecule has 0 radical (unpaired) electrons. The van der Waals surface area contributed by atoms with Gasteiger partial charge in [0.2, 0.25) is 5.95 Å². The molecule has 14 aromatic rings. The Morgan fingerprint density at radius 1 is 0.292 bits per heavy atom. The summed E-state index contributed by atoms with van der Waals surface area (Å²) in [7, 11) is 0. The van der Waals surface area contributed by atoms with Crippen molar-refractivity contribution in [2.24, 2.45) is 0 Å². The van der Waals surface area contributed by atoms with Gasteiger partial charge in [0.15, 0.2) is 0 Å². The Labute approximate surface area is 414 Å². The maximum Gasteiger partial charge on any atom is 0.221 e. The lowest BCUT2D eigenvalue weighted by molar-refractivity contribution is 0.633. The van der Waals surface area contributed by atoms with Gasteiger partial charge in [0, 0.05) is 21.5 Å². The van der Waals surface area contributed by atoms with Crippen LogP contribution < -0.4 is 0 Å². The zero-order valence-electron chi connectivity index (χ0n) is 38.9. The number of fused-ring (bicyclic) bond motifs is 26. The van der Waals surface area contributed by atoms with Crippen LogP contribution in [0.5, 0.6) is 0 Å². The van der Waals surface area contributed by atoms with Crippen molar-refractivity contribution in [2.45, 2.75) is 10.8 Å². The smallest absolute Gasteiger partial charge is 0.221 e. The predicted octanol–water partition coefficient (Wildman–Crippen LogP) is 16.0. The van der Waals surface area contributed by atoms with Crippen LogP contribution in [0.4, 0.5) is 0 Å². The topological polar surface area (TPSA) is 35.1 Å². The summed E-state index contributed by atoms with van der Waals surface area (Å²) in [4.78, 5) is 10.8. The highest BCUT2D eigenvalue weighted by Gasteiger charge is 2.59. The van der Waals surface area contributed by atoms with Crippen LogP contribution in [0.15, 0.2) is 243 Å². The fraction of sp³-hybridized carbons (Fsp3) is 0.0294. The summed E-state index contributed by atoms with van der Waals surface area (Å²) in [5.41, 5.74) is 23.1.